The summed E-state index contributed by atoms with van der Waals surface area (Å²) in [5.41, 5.74) is 0. The molecule has 1 fully saturated rings. The van der Waals surface area contributed by atoms with E-state index in [0.29, 0.717) is 6.04 Å². The molecular formula is C10H15BrN2S. The van der Waals surface area contributed by atoms with E-state index >= 15 is 0 Å². The molecule has 1 saturated heterocycles. The lowest BCUT2D eigenvalue weighted by Gasteiger charge is -2.11. The highest BCUT2D eigenvalue weighted by Gasteiger charge is 2.18. The fourth-order valence-electron chi connectivity index (χ4n) is 1.79. The summed E-state index contributed by atoms with van der Waals surface area (Å²) < 4.78 is 1.22. The molecule has 14 heavy (non-hydrogen) atoms. The van der Waals surface area contributed by atoms with Crippen molar-refractivity contribution in [2.75, 3.05) is 20.1 Å². The molecule has 1 aliphatic heterocycles. The number of hydrogen-bond acceptors (Lipinski definition) is 3. The van der Waals surface area contributed by atoms with Gasteiger partial charge in [-0.1, -0.05) is 0 Å². The van der Waals surface area contributed by atoms with Gasteiger partial charge in [-0.15, -0.1) is 11.3 Å². The number of nitrogens with one attached hydrogen (secondary N) is 1. The van der Waals surface area contributed by atoms with Crippen LogP contribution in [-0.2, 0) is 6.54 Å². The van der Waals surface area contributed by atoms with Gasteiger partial charge in [0.15, 0.2) is 0 Å². The van der Waals surface area contributed by atoms with Gasteiger partial charge in [0.05, 0.1) is 3.79 Å². The molecule has 0 aliphatic carbocycles. The lowest BCUT2D eigenvalue weighted by molar-refractivity contribution is 0.398. The maximum atomic E-state index is 3.59. The molecule has 78 valence electrons. The van der Waals surface area contributed by atoms with Crippen LogP contribution in [0.15, 0.2) is 15.9 Å². The van der Waals surface area contributed by atoms with Crippen molar-refractivity contribution in [1.82, 2.24) is 10.2 Å². The molecule has 1 aliphatic rings. The molecule has 1 aromatic rings. The van der Waals surface area contributed by atoms with Crippen LogP contribution < -0.4 is 5.32 Å². The summed E-state index contributed by atoms with van der Waals surface area (Å²) in [6, 6.07) is 4.98. The minimum absolute atomic E-state index is 0.681. The van der Waals surface area contributed by atoms with Gasteiger partial charge in [-0.05, 0) is 48.1 Å². The van der Waals surface area contributed by atoms with Crippen molar-refractivity contribution in [3.8, 4) is 0 Å². The van der Waals surface area contributed by atoms with Crippen molar-refractivity contribution in [3.05, 3.63) is 20.8 Å². The van der Waals surface area contributed by atoms with Gasteiger partial charge in [0, 0.05) is 24.0 Å². The van der Waals surface area contributed by atoms with Crippen LogP contribution in [-0.4, -0.2) is 31.1 Å². The number of halogens is 1. The van der Waals surface area contributed by atoms with Crippen molar-refractivity contribution in [1.29, 1.82) is 0 Å². The Bertz CT molecular complexity index is 300. The standard InChI is InChI=1S/C10H15BrN2S/c1-13-5-4-8(7-13)12-6-9-2-3-10(11)14-9/h2-3,8,12H,4-7H2,1H3/t8-/m0/s1. The summed E-state index contributed by atoms with van der Waals surface area (Å²) in [6.45, 7) is 3.42. The molecular weight excluding hydrogens is 260 g/mol. The van der Waals surface area contributed by atoms with Crippen LogP contribution in [0, 0.1) is 0 Å². The molecule has 0 aromatic carbocycles. The van der Waals surface area contributed by atoms with E-state index in [1.807, 2.05) is 11.3 Å². The highest BCUT2D eigenvalue weighted by atomic mass is 79.9. The minimum atomic E-state index is 0.681. The van der Waals surface area contributed by atoms with Gasteiger partial charge in [-0.2, -0.15) is 0 Å². The Morgan fingerprint density at radius 3 is 3.07 bits per heavy atom. The van der Waals surface area contributed by atoms with Gasteiger partial charge in [0.2, 0.25) is 0 Å². The summed E-state index contributed by atoms with van der Waals surface area (Å²) in [5.74, 6) is 0. The van der Waals surface area contributed by atoms with E-state index in [0.717, 1.165) is 6.54 Å². The predicted octanol–water partition coefficient (Wildman–Crippen LogP) is 2.30. The SMILES string of the molecule is CN1CC[C@H](NCc2ccc(Br)s2)C1. The van der Waals surface area contributed by atoms with E-state index in [4.69, 9.17) is 0 Å². The molecule has 2 rings (SSSR count). The molecule has 1 aromatic heterocycles. The molecule has 1 atom stereocenters. The first-order valence-electron chi connectivity index (χ1n) is 4.90. The third-order valence-electron chi connectivity index (χ3n) is 2.59. The first-order valence-corrected chi connectivity index (χ1v) is 6.51. The topological polar surface area (TPSA) is 15.3 Å². The van der Waals surface area contributed by atoms with Crippen LogP contribution >= 0.6 is 27.3 Å². The second-order valence-electron chi connectivity index (χ2n) is 3.83. The van der Waals surface area contributed by atoms with Gasteiger partial charge < -0.3 is 10.2 Å². The van der Waals surface area contributed by atoms with Gasteiger partial charge in [0.1, 0.15) is 0 Å². The van der Waals surface area contributed by atoms with Crippen LogP contribution in [0.25, 0.3) is 0 Å². The lowest BCUT2D eigenvalue weighted by atomic mass is 10.2. The Labute approximate surface area is 97.4 Å². The Hall–Kier alpha value is 0.1000. The average molecular weight is 275 g/mol. The molecule has 0 bridgehead atoms. The Balaban J connectivity index is 1.77. The fourth-order valence-corrected chi connectivity index (χ4v) is 3.23. The van der Waals surface area contributed by atoms with Crippen molar-refractivity contribution in [2.24, 2.45) is 0 Å². The fraction of sp³-hybridized carbons (Fsp3) is 0.600. The largest absolute Gasteiger partial charge is 0.308 e. The highest BCUT2D eigenvalue weighted by molar-refractivity contribution is 9.11. The van der Waals surface area contributed by atoms with Crippen LogP contribution in [0.1, 0.15) is 11.3 Å². The molecule has 0 saturated carbocycles. The summed E-state index contributed by atoms with van der Waals surface area (Å²) in [7, 11) is 2.18. The van der Waals surface area contributed by atoms with Crippen LogP contribution in [0.2, 0.25) is 0 Å². The zero-order valence-electron chi connectivity index (χ0n) is 8.29. The molecule has 2 heterocycles. The molecule has 1 N–H and O–H groups in total. The number of likely N-dealkylation sites (tertiary alicyclic amines) is 1. The van der Waals surface area contributed by atoms with Crippen molar-refractivity contribution in [3.63, 3.8) is 0 Å². The molecule has 2 nitrogen and oxygen atoms in total. The Kier molecular flexibility index (Phi) is 3.60. The van der Waals surface area contributed by atoms with Gasteiger partial charge >= 0.3 is 0 Å². The van der Waals surface area contributed by atoms with E-state index < -0.39 is 0 Å². The summed E-state index contributed by atoms with van der Waals surface area (Å²) in [6.07, 6.45) is 1.28. The summed E-state index contributed by atoms with van der Waals surface area (Å²) >= 11 is 5.29. The maximum absolute atomic E-state index is 3.59. The zero-order valence-corrected chi connectivity index (χ0v) is 10.7. The lowest BCUT2D eigenvalue weighted by Crippen LogP contribution is -2.30. The number of rotatable bonds is 3. The number of nitrogens with zero attached hydrogens (tertiary/aromatic N) is 1. The van der Waals surface area contributed by atoms with E-state index in [2.05, 4.69) is 45.3 Å². The van der Waals surface area contributed by atoms with E-state index in [1.165, 1.54) is 28.2 Å². The Morgan fingerprint density at radius 1 is 1.64 bits per heavy atom. The summed E-state index contributed by atoms with van der Waals surface area (Å²) in [4.78, 5) is 3.79. The van der Waals surface area contributed by atoms with Crippen molar-refractivity contribution in [2.45, 2.75) is 19.0 Å². The molecule has 4 heteroatoms. The number of thiophene rings is 1. The van der Waals surface area contributed by atoms with Gasteiger partial charge in [-0.25, -0.2) is 0 Å². The normalized spacial score (nSPS) is 23.1. The predicted molar refractivity (Wildman–Crippen MR) is 64.8 cm³/mol. The molecule has 0 amide bonds. The second kappa shape index (κ2) is 4.75. The van der Waals surface area contributed by atoms with Crippen molar-refractivity contribution >= 4 is 27.3 Å². The number of hydrogen-bond donors (Lipinski definition) is 1. The summed E-state index contributed by atoms with van der Waals surface area (Å²) in [5, 5.41) is 3.59. The van der Waals surface area contributed by atoms with Crippen molar-refractivity contribution < 1.29 is 0 Å². The smallest absolute Gasteiger partial charge is 0.0701 e. The zero-order chi connectivity index (χ0) is 9.97. The third kappa shape index (κ3) is 2.79. The van der Waals surface area contributed by atoms with Crippen LogP contribution in [0.4, 0.5) is 0 Å². The quantitative estimate of drug-likeness (QED) is 0.910. The average Bonchev–Trinajstić information content (AvgIpc) is 2.72. The Morgan fingerprint density at radius 2 is 2.50 bits per heavy atom. The molecule has 0 unspecified atom stereocenters. The van der Waals surface area contributed by atoms with Crippen LogP contribution in [0.5, 0.6) is 0 Å². The second-order valence-corrected chi connectivity index (χ2v) is 6.38. The first-order chi connectivity index (χ1) is 6.74. The minimum Gasteiger partial charge on any atom is -0.308 e. The third-order valence-corrected chi connectivity index (χ3v) is 4.21. The molecule has 0 radical (unpaired) electrons. The monoisotopic (exact) mass is 274 g/mol. The number of likely N-dealkylation sites (N-methyl/N-ethyl adjacent to an activating group) is 1. The van der Waals surface area contributed by atoms with Gasteiger partial charge in [-0.3, -0.25) is 0 Å². The van der Waals surface area contributed by atoms with Crippen LogP contribution in [0.3, 0.4) is 0 Å². The highest BCUT2D eigenvalue weighted by Crippen LogP contribution is 2.22. The molecule has 0 spiro atoms. The maximum Gasteiger partial charge on any atom is 0.0701 e. The van der Waals surface area contributed by atoms with E-state index in [9.17, 15) is 0 Å². The van der Waals surface area contributed by atoms with Gasteiger partial charge in [0.25, 0.3) is 0 Å². The van der Waals surface area contributed by atoms with E-state index in [-0.39, 0.29) is 0 Å². The van der Waals surface area contributed by atoms with E-state index in [1.54, 1.807) is 0 Å². The first kappa shape index (κ1) is 10.6.